The fraction of sp³-hybridized carbons (Fsp3) is 0.556. The van der Waals surface area contributed by atoms with Crippen LogP contribution < -0.4 is 15.2 Å². The summed E-state index contributed by atoms with van der Waals surface area (Å²) in [4.78, 5) is 9.75. The Morgan fingerprint density at radius 3 is 2.85 bits per heavy atom. The van der Waals surface area contributed by atoms with E-state index in [2.05, 4.69) is 9.97 Å². The maximum Gasteiger partial charge on any atom is 0.296 e. The number of nitrogens with zero attached hydrogens (tertiary/aromatic N) is 3. The number of hydrogen-bond donors (Lipinski definition) is 1. The number of rotatable bonds is 4. The standard InChI is InChI=1S/C18H22F2N4O3/c1-24-6-4-14(18(19,20)9-24)27-16-13(26-11-5-7-25-8-11)3-2-12-15(16)17(21)23-10-22-12/h2-3,10-11,14H,4-9H2,1H3,(H2,21,22,23)/t11-,14-/m0/s1. The van der Waals surface area contributed by atoms with Crippen LogP contribution >= 0.6 is 0 Å². The van der Waals surface area contributed by atoms with Crippen LogP contribution in [-0.4, -0.2) is 66.3 Å². The van der Waals surface area contributed by atoms with E-state index in [1.165, 1.54) is 6.33 Å². The fourth-order valence-electron chi connectivity index (χ4n) is 3.50. The van der Waals surface area contributed by atoms with Crippen molar-refractivity contribution in [2.45, 2.75) is 31.0 Å². The van der Waals surface area contributed by atoms with Crippen molar-refractivity contribution in [1.82, 2.24) is 14.9 Å². The van der Waals surface area contributed by atoms with E-state index in [9.17, 15) is 8.78 Å². The highest BCUT2D eigenvalue weighted by atomic mass is 19.3. The number of nitrogen functional groups attached to an aromatic ring is 1. The molecule has 2 atom stereocenters. The van der Waals surface area contributed by atoms with Gasteiger partial charge in [-0.3, -0.25) is 0 Å². The number of nitrogens with two attached hydrogens (primary N) is 1. The number of hydrogen-bond acceptors (Lipinski definition) is 7. The number of piperidine rings is 1. The van der Waals surface area contributed by atoms with Crippen LogP contribution in [0.3, 0.4) is 0 Å². The van der Waals surface area contributed by atoms with Gasteiger partial charge in [0.05, 0.1) is 30.7 Å². The number of fused-ring (bicyclic) bond motifs is 1. The van der Waals surface area contributed by atoms with E-state index in [4.69, 9.17) is 19.9 Å². The summed E-state index contributed by atoms with van der Waals surface area (Å²) in [6, 6.07) is 3.40. The fourth-order valence-corrected chi connectivity index (χ4v) is 3.50. The van der Waals surface area contributed by atoms with Crippen LogP contribution in [0.5, 0.6) is 11.5 Å². The van der Waals surface area contributed by atoms with Crippen LogP contribution in [0.15, 0.2) is 18.5 Å². The van der Waals surface area contributed by atoms with Gasteiger partial charge in [0.25, 0.3) is 5.92 Å². The third-order valence-electron chi connectivity index (χ3n) is 4.92. The summed E-state index contributed by atoms with van der Waals surface area (Å²) < 4.78 is 46.3. The first kappa shape index (κ1) is 18.1. The van der Waals surface area contributed by atoms with Crippen molar-refractivity contribution in [3.05, 3.63) is 18.5 Å². The lowest BCUT2D eigenvalue weighted by Crippen LogP contribution is -2.52. The minimum absolute atomic E-state index is 0.159. The highest BCUT2D eigenvalue weighted by Crippen LogP contribution is 2.41. The van der Waals surface area contributed by atoms with E-state index in [-0.39, 0.29) is 30.6 Å². The number of ether oxygens (including phenoxy) is 3. The van der Waals surface area contributed by atoms with Gasteiger partial charge < -0.3 is 24.8 Å². The van der Waals surface area contributed by atoms with Crippen molar-refractivity contribution in [2.24, 2.45) is 0 Å². The molecular weight excluding hydrogens is 358 g/mol. The molecule has 0 saturated carbocycles. The van der Waals surface area contributed by atoms with Crippen molar-refractivity contribution in [1.29, 1.82) is 0 Å². The maximum atomic E-state index is 14.6. The van der Waals surface area contributed by atoms with E-state index >= 15 is 0 Å². The number of aromatic nitrogens is 2. The van der Waals surface area contributed by atoms with E-state index in [1.54, 1.807) is 24.1 Å². The molecule has 2 fully saturated rings. The second-order valence-corrected chi connectivity index (χ2v) is 7.04. The summed E-state index contributed by atoms with van der Waals surface area (Å²) in [5, 5.41) is 0.392. The Labute approximate surface area is 155 Å². The minimum atomic E-state index is -2.99. The zero-order chi connectivity index (χ0) is 19.0. The molecule has 146 valence electrons. The van der Waals surface area contributed by atoms with Gasteiger partial charge >= 0.3 is 0 Å². The van der Waals surface area contributed by atoms with Gasteiger partial charge in [-0.25, -0.2) is 18.7 Å². The molecule has 0 spiro atoms. The summed E-state index contributed by atoms with van der Waals surface area (Å²) >= 11 is 0. The Bertz CT molecular complexity index is 830. The van der Waals surface area contributed by atoms with E-state index < -0.39 is 12.0 Å². The first-order chi connectivity index (χ1) is 12.9. The van der Waals surface area contributed by atoms with Crippen LogP contribution in [0.2, 0.25) is 0 Å². The van der Waals surface area contributed by atoms with Crippen LogP contribution in [-0.2, 0) is 4.74 Å². The van der Waals surface area contributed by atoms with Crippen molar-refractivity contribution < 1.29 is 23.0 Å². The van der Waals surface area contributed by atoms with Crippen LogP contribution in [0, 0.1) is 0 Å². The summed E-state index contributed by atoms with van der Waals surface area (Å²) in [6.45, 7) is 1.21. The van der Waals surface area contributed by atoms with E-state index in [0.29, 0.717) is 36.4 Å². The first-order valence-corrected chi connectivity index (χ1v) is 8.94. The topological polar surface area (TPSA) is 82.7 Å². The third kappa shape index (κ3) is 3.61. The van der Waals surface area contributed by atoms with Crippen molar-refractivity contribution in [2.75, 3.05) is 39.1 Å². The number of anilines is 1. The smallest absolute Gasteiger partial charge is 0.296 e. The highest BCUT2D eigenvalue weighted by Gasteiger charge is 2.46. The van der Waals surface area contributed by atoms with Crippen molar-refractivity contribution in [3.8, 4) is 11.5 Å². The van der Waals surface area contributed by atoms with Gasteiger partial charge in [0.1, 0.15) is 18.2 Å². The maximum absolute atomic E-state index is 14.6. The second-order valence-electron chi connectivity index (χ2n) is 7.04. The molecule has 2 N–H and O–H groups in total. The molecule has 3 heterocycles. The molecule has 2 aliphatic rings. The Hall–Kier alpha value is -2.26. The van der Waals surface area contributed by atoms with Gasteiger partial charge in [-0.15, -0.1) is 0 Å². The average molecular weight is 380 g/mol. The van der Waals surface area contributed by atoms with Gasteiger partial charge in [0.15, 0.2) is 17.6 Å². The molecule has 0 aliphatic carbocycles. The molecule has 1 aromatic carbocycles. The molecule has 4 rings (SSSR count). The molecule has 0 bridgehead atoms. The van der Waals surface area contributed by atoms with Gasteiger partial charge in [-0.1, -0.05) is 0 Å². The molecule has 0 radical (unpaired) electrons. The predicted molar refractivity (Wildman–Crippen MR) is 95.3 cm³/mol. The largest absolute Gasteiger partial charge is 0.484 e. The Morgan fingerprint density at radius 2 is 2.11 bits per heavy atom. The minimum Gasteiger partial charge on any atom is -0.484 e. The lowest BCUT2D eigenvalue weighted by molar-refractivity contribution is -0.135. The lowest BCUT2D eigenvalue weighted by Gasteiger charge is -2.36. The summed E-state index contributed by atoms with van der Waals surface area (Å²) in [5.74, 6) is -2.30. The number of benzene rings is 1. The molecule has 2 aliphatic heterocycles. The molecule has 27 heavy (non-hydrogen) atoms. The molecule has 0 unspecified atom stereocenters. The summed E-state index contributed by atoms with van der Waals surface area (Å²) in [6.07, 6.45) is 0.814. The van der Waals surface area contributed by atoms with Gasteiger partial charge in [0.2, 0.25) is 0 Å². The van der Waals surface area contributed by atoms with E-state index in [0.717, 1.165) is 6.42 Å². The Morgan fingerprint density at radius 1 is 1.26 bits per heavy atom. The van der Waals surface area contributed by atoms with Crippen LogP contribution in [0.4, 0.5) is 14.6 Å². The molecule has 0 amide bonds. The number of halogens is 2. The highest BCUT2D eigenvalue weighted by molar-refractivity contribution is 5.95. The predicted octanol–water partition coefficient (Wildman–Crippen LogP) is 2.10. The monoisotopic (exact) mass is 380 g/mol. The van der Waals surface area contributed by atoms with Crippen LogP contribution in [0.1, 0.15) is 12.8 Å². The average Bonchev–Trinajstić information content (AvgIpc) is 3.11. The van der Waals surface area contributed by atoms with Gasteiger partial charge in [0, 0.05) is 19.4 Å². The molecule has 2 saturated heterocycles. The Balaban J connectivity index is 1.73. The molecule has 9 heteroatoms. The van der Waals surface area contributed by atoms with Crippen molar-refractivity contribution >= 4 is 16.7 Å². The zero-order valence-electron chi connectivity index (χ0n) is 15.0. The van der Waals surface area contributed by atoms with Gasteiger partial charge in [-0.05, 0) is 19.2 Å². The Kier molecular flexibility index (Phi) is 4.73. The quantitative estimate of drug-likeness (QED) is 0.870. The molecular formula is C18H22F2N4O3. The molecule has 7 nitrogen and oxygen atoms in total. The lowest BCUT2D eigenvalue weighted by atomic mass is 10.0. The first-order valence-electron chi connectivity index (χ1n) is 8.94. The van der Waals surface area contributed by atoms with Gasteiger partial charge in [-0.2, -0.15) is 0 Å². The van der Waals surface area contributed by atoms with Crippen molar-refractivity contribution in [3.63, 3.8) is 0 Å². The van der Waals surface area contributed by atoms with Crippen LogP contribution in [0.25, 0.3) is 10.9 Å². The zero-order valence-corrected chi connectivity index (χ0v) is 15.0. The SMILES string of the molecule is CN1CC[C@H](Oc2c(O[C@H]3CCOC3)ccc3ncnc(N)c23)C(F)(F)C1. The molecule has 1 aromatic heterocycles. The summed E-state index contributed by atoms with van der Waals surface area (Å²) in [7, 11) is 1.67. The number of alkyl halides is 2. The third-order valence-corrected chi connectivity index (χ3v) is 4.92. The van der Waals surface area contributed by atoms with E-state index in [1.807, 2.05) is 0 Å². The normalized spacial score (nSPS) is 25.6. The number of likely N-dealkylation sites (tertiary alicyclic amines) is 1. The second kappa shape index (κ2) is 7.05. The summed E-state index contributed by atoms with van der Waals surface area (Å²) in [5.41, 5.74) is 6.54. The molecule has 2 aromatic rings.